The topological polar surface area (TPSA) is 50.4 Å². The zero-order valence-electron chi connectivity index (χ0n) is 10.4. The minimum Gasteiger partial charge on any atom is -0.380 e. The van der Waals surface area contributed by atoms with E-state index in [-0.39, 0.29) is 11.8 Å². The number of unbranched alkanes of at least 4 members (excludes halogenated alkanes) is 1. The lowest BCUT2D eigenvalue weighted by molar-refractivity contribution is -0.125. The lowest BCUT2D eigenvalue weighted by atomic mass is 10.0. The Balaban J connectivity index is 2.02. The quantitative estimate of drug-likeness (QED) is 0.637. The molecule has 4 heteroatoms. The van der Waals surface area contributed by atoms with E-state index in [2.05, 4.69) is 24.5 Å². The van der Waals surface area contributed by atoms with E-state index in [1.165, 1.54) is 0 Å². The van der Waals surface area contributed by atoms with Gasteiger partial charge in [0.25, 0.3) is 0 Å². The molecule has 0 bridgehead atoms. The van der Waals surface area contributed by atoms with Gasteiger partial charge in [-0.25, -0.2) is 0 Å². The summed E-state index contributed by atoms with van der Waals surface area (Å²) in [7, 11) is 0. The molecule has 2 unspecified atom stereocenters. The molecule has 2 atom stereocenters. The summed E-state index contributed by atoms with van der Waals surface area (Å²) < 4.78 is 5.38. The molecule has 0 radical (unpaired) electrons. The fraction of sp³-hybridized carbons (Fsp3) is 0.917. The Bertz CT molecular complexity index is 209. The third-order valence-corrected chi connectivity index (χ3v) is 3.05. The van der Waals surface area contributed by atoms with Gasteiger partial charge in [-0.2, -0.15) is 0 Å². The van der Waals surface area contributed by atoms with Crippen LogP contribution in [0.5, 0.6) is 0 Å². The normalized spacial score (nSPS) is 24.6. The maximum absolute atomic E-state index is 11.7. The highest BCUT2D eigenvalue weighted by Crippen LogP contribution is 2.14. The van der Waals surface area contributed by atoms with Crippen LogP contribution >= 0.6 is 0 Å². The number of amides is 1. The lowest BCUT2D eigenvalue weighted by Crippen LogP contribution is -2.38. The standard InChI is InChI=1S/C12H24N2O2/c1-3-4-8-16-9-7-14-12(15)11-5-6-13-10(11)2/h10-11,13H,3-9H2,1-2H3,(H,14,15). The van der Waals surface area contributed by atoms with Crippen LogP contribution in [0, 0.1) is 5.92 Å². The van der Waals surface area contributed by atoms with E-state index >= 15 is 0 Å². The van der Waals surface area contributed by atoms with E-state index in [0.717, 1.165) is 32.4 Å². The van der Waals surface area contributed by atoms with Crippen LogP contribution in [-0.4, -0.2) is 38.3 Å². The van der Waals surface area contributed by atoms with Gasteiger partial charge in [0.1, 0.15) is 0 Å². The predicted octanol–water partition coefficient (Wildman–Crippen LogP) is 0.917. The first-order chi connectivity index (χ1) is 7.75. The zero-order valence-corrected chi connectivity index (χ0v) is 10.4. The van der Waals surface area contributed by atoms with Crippen molar-refractivity contribution in [2.45, 2.75) is 39.2 Å². The largest absolute Gasteiger partial charge is 0.380 e. The van der Waals surface area contributed by atoms with E-state index in [1.54, 1.807) is 0 Å². The van der Waals surface area contributed by atoms with Crippen molar-refractivity contribution in [2.75, 3.05) is 26.3 Å². The number of nitrogens with one attached hydrogen (secondary N) is 2. The molecular weight excluding hydrogens is 204 g/mol. The molecule has 2 N–H and O–H groups in total. The Morgan fingerprint density at radius 2 is 2.31 bits per heavy atom. The number of rotatable bonds is 7. The van der Waals surface area contributed by atoms with E-state index in [9.17, 15) is 4.79 Å². The van der Waals surface area contributed by atoms with Gasteiger partial charge in [-0.1, -0.05) is 13.3 Å². The van der Waals surface area contributed by atoms with E-state index in [1.807, 2.05) is 0 Å². The van der Waals surface area contributed by atoms with Gasteiger partial charge in [-0.05, 0) is 26.3 Å². The number of hydrogen-bond donors (Lipinski definition) is 2. The van der Waals surface area contributed by atoms with Gasteiger partial charge in [0.2, 0.25) is 5.91 Å². The van der Waals surface area contributed by atoms with Crippen molar-refractivity contribution in [1.82, 2.24) is 10.6 Å². The SMILES string of the molecule is CCCCOCCNC(=O)C1CCNC1C. The smallest absolute Gasteiger partial charge is 0.224 e. The molecule has 4 nitrogen and oxygen atoms in total. The molecule has 1 aliphatic heterocycles. The molecule has 0 spiro atoms. The van der Waals surface area contributed by atoms with Crippen molar-refractivity contribution in [3.63, 3.8) is 0 Å². The van der Waals surface area contributed by atoms with E-state index in [0.29, 0.717) is 19.2 Å². The highest BCUT2D eigenvalue weighted by atomic mass is 16.5. The van der Waals surface area contributed by atoms with Crippen LogP contribution in [0.3, 0.4) is 0 Å². The molecule has 0 aromatic rings. The average Bonchev–Trinajstić information content (AvgIpc) is 2.69. The maximum Gasteiger partial charge on any atom is 0.224 e. The van der Waals surface area contributed by atoms with Crippen LogP contribution in [0.25, 0.3) is 0 Å². The third kappa shape index (κ3) is 4.49. The van der Waals surface area contributed by atoms with Crippen molar-refractivity contribution in [2.24, 2.45) is 5.92 Å². The molecule has 94 valence electrons. The van der Waals surface area contributed by atoms with Gasteiger partial charge in [-0.15, -0.1) is 0 Å². The molecule has 0 saturated carbocycles. The Hall–Kier alpha value is -0.610. The third-order valence-electron chi connectivity index (χ3n) is 3.05. The van der Waals surface area contributed by atoms with Crippen molar-refractivity contribution in [3.8, 4) is 0 Å². The van der Waals surface area contributed by atoms with Crippen LogP contribution in [0.4, 0.5) is 0 Å². The van der Waals surface area contributed by atoms with Gasteiger partial charge < -0.3 is 15.4 Å². The molecular formula is C12H24N2O2. The molecule has 0 aliphatic carbocycles. The molecule has 16 heavy (non-hydrogen) atoms. The monoisotopic (exact) mass is 228 g/mol. The first-order valence-electron chi connectivity index (χ1n) is 6.34. The summed E-state index contributed by atoms with van der Waals surface area (Å²) in [6, 6.07) is 0.306. The lowest BCUT2D eigenvalue weighted by Gasteiger charge is -2.14. The van der Waals surface area contributed by atoms with Crippen LogP contribution < -0.4 is 10.6 Å². The molecule has 1 heterocycles. The second-order valence-corrected chi connectivity index (χ2v) is 4.39. The first kappa shape index (κ1) is 13.5. The Morgan fingerprint density at radius 3 is 2.94 bits per heavy atom. The van der Waals surface area contributed by atoms with Crippen LogP contribution in [-0.2, 0) is 9.53 Å². The van der Waals surface area contributed by atoms with E-state index in [4.69, 9.17) is 4.74 Å². The summed E-state index contributed by atoms with van der Waals surface area (Å²) in [5, 5.41) is 6.20. The molecule has 1 fully saturated rings. The highest BCUT2D eigenvalue weighted by Gasteiger charge is 2.28. The van der Waals surface area contributed by atoms with Crippen LogP contribution in [0.1, 0.15) is 33.1 Å². The molecule has 0 aromatic heterocycles. The second-order valence-electron chi connectivity index (χ2n) is 4.39. The van der Waals surface area contributed by atoms with Gasteiger partial charge in [0, 0.05) is 19.2 Å². The van der Waals surface area contributed by atoms with Gasteiger partial charge in [-0.3, -0.25) is 4.79 Å². The number of carbonyl (C=O) groups is 1. The molecule has 1 amide bonds. The van der Waals surface area contributed by atoms with Crippen LogP contribution in [0.2, 0.25) is 0 Å². The van der Waals surface area contributed by atoms with Gasteiger partial charge in [0.05, 0.1) is 12.5 Å². The molecule has 1 aliphatic rings. The van der Waals surface area contributed by atoms with Crippen LogP contribution in [0.15, 0.2) is 0 Å². The summed E-state index contributed by atoms with van der Waals surface area (Å²) in [5.41, 5.74) is 0. The molecule has 0 aromatic carbocycles. The number of carbonyl (C=O) groups excluding carboxylic acids is 1. The first-order valence-corrected chi connectivity index (χ1v) is 6.34. The average molecular weight is 228 g/mol. The fourth-order valence-electron chi connectivity index (χ4n) is 1.94. The summed E-state index contributed by atoms with van der Waals surface area (Å²) in [6.07, 6.45) is 3.19. The minimum atomic E-state index is 0.135. The van der Waals surface area contributed by atoms with E-state index < -0.39 is 0 Å². The summed E-state index contributed by atoms with van der Waals surface area (Å²) in [5.74, 6) is 0.298. The highest BCUT2D eigenvalue weighted by molar-refractivity contribution is 5.79. The van der Waals surface area contributed by atoms with Crippen molar-refractivity contribution in [1.29, 1.82) is 0 Å². The molecule has 1 rings (SSSR count). The fourth-order valence-corrected chi connectivity index (χ4v) is 1.94. The summed E-state index contributed by atoms with van der Waals surface area (Å²) in [6.45, 7) is 7.21. The minimum absolute atomic E-state index is 0.135. The van der Waals surface area contributed by atoms with Gasteiger partial charge >= 0.3 is 0 Å². The zero-order chi connectivity index (χ0) is 11.8. The maximum atomic E-state index is 11.7. The van der Waals surface area contributed by atoms with Crippen molar-refractivity contribution < 1.29 is 9.53 Å². The van der Waals surface area contributed by atoms with Gasteiger partial charge in [0.15, 0.2) is 0 Å². The Labute approximate surface area is 98.1 Å². The predicted molar refractivity (Wildman–Crippen MR) is 64.3 cm³/mol. The molecule has 1 saturated heterocycles. The van der Waals surface area contributed by atoms with Crippen molar-refractivity contribution in [3.05, 3.63) is 0 Å². The number of hydrogen-bond acceptors (Lipinski definition) is 3. The number of ether oxygens (including phenoxy) is 1. The van der Waals surface area contributed by atoms with Crippen molar-refractivity contribution >= 4 is 5.91 Å². The Morgan fingerprint density at radius 1 is 1.50 bits per heavy atom. The second kappa shape index (κ2) is 7.63. The summed E-state index contributed by atoms with van der Waals surface area (Å²) >= 11 is 0. The summed E-state index contributed by atoms with van der Waals surface area (Å²) in [4.78, 5) is 11.7. The Kier molecular flexibility index (Phi) is 6.42.